The second-order valence-corrected chi connectivity index (χ2v) is 14.1. The molecular formula is C31H38AsN5O5. The van der Waals surface area contributed by atoms with Crippen LogP contribution < -0.4 is 9.38 Å². The van der Waals surface area contributed by atoms with Gasteiger partial charge in [0.05, 0.1) is 0 Å². The number of methoxy groups -OCH3 is 1. The van der Waals surface area contributed by atoms with Crippen molar-refractivity contribution in [2.45, 2.75) is 45.6 Å². The molecule has 1 aromatic heterocycles. The SMILES string of the molecule is CO[C@@H](C(=O)N1Cc2c([AsH]C(=O)c3ccc(N4CCN(C)CC4)cc3)nn(C(=O)OC(C)(C)C)c2C1)c1ccccc1. The molecule has 2 atom stereocenters. The zero-order valence-corrected chi connectivity index (χ0v) is 26.9. The summed E-state index contributed by atoms with van der Waals surface area (Å²) >= 11 is -1.43. The summed E-state index contributed by atoms with van der Waals surface area (Å²) in [5, 5.41) is 4.59. The molecule has 222 valence electrons. The standard InChI is InChI=1S/C31H38AsN5O5/c1-31(2,3)42-30(40)37-25-20-36(29(39)26(41-5)21-9-7-6-8-10-21)19-24(25)27(33-37)32-28(38)22-11-13-23(14-12-22)35-17-15-34(4)16-18-35/h6-14,26,32H,15-20H2,1-5H3/t26-/m1/s1. The zero-order chi connectivity index (χ0) is 30.0. The molecule has 2 aromatic carbocycles. The molecule has 1 amide bonds. The summed E-state index contributed by atoms with van der Waals surface area (Å²) in [6.07, 6.45) is -1.40. The van der Waals surface area contributed by atoms with Gasteiger partial charge < -0.3 is 0 Å². The van der Waals surface area contributed by atoms with E-state index in [2.05, 4.69) is 21.9 Å². The first-order valence-corrected chi connectivity index (χ1v) is 16.2. The average molecular weight is 636 g/mol. The van der Waals surface area contributed by atoms with E-state index < -0.39 is 33.6 Å². The number of fused-ring (bicyclic) bond motifs is 1. The molecule has 0 saturated carbocycles. The Bertz CT molecular complexity index is 1440. The van der Waals surface area contributed by atoms with E-state index in [0.29, 0.717) is 15.7 Å². The monoisotopic (exact) mass is 635 g/mol. The van der Waals surface area contributed by atoms with Gasteiger partial charge in [-0.25, -0.2) is 0 Å². The van der Waals surface area contributed by atoms with Crippen LogP contribution in [-0.2, 0) is 27.4 Å². The predicted octanol–water partition coefficient (Wildman–Crippen LogP) is 2.55. The molecule has 10 nitrogen and oxygen atoms in total. The summed E-state index contributed by atoms with van der Waals surface area (Å²) in [5.74, 6) is -0.215. The number of anilines is 1. The Morgan fingerprint density at radius 1 is 0.929 bits per heavy atom. The molecular weight excluding hydrogens is 597 g/mol. The number of carbonyl (C=O) groups excluding carboxylic acids is 3. The first-order valence-electron chi connectivity index (χ1n) is 14.1. The minimum absolute atomic E-state index is 0.0143. The summed E-state index contributed by atoms with van der Waals surface area (Å²) in [7, 11) is 3.63. The summed E-state index contributed by atoms with van der Waals surface area (Å²) in [5.41, 5.74) is 3.09. The molecule has 2 aliphatic rings. The van der Waals surface area contributed by atoms with Gasteiger partial charge in [0.2, 0.25) is 0 Å². The predicted molar refractivity (Wildman–Crippen MR) is 162 cm³/mol. The molecule has 3 aromatic rings. The Balaban J connectivity index is 1.37. The van der Waals surface area contributed by atoms with Crippen molar-refractivity contribution in [3.05, 3.63) is 77.0 Å². The van der Waals surface area contributed by atoms with E-state index in [9.17, 15) is 14.4 Å². The van der Waals surface area contributed by atoms with Gasteiger partial charge >= 0.3 is 254 Å². The van der Waals surface area contributed by atoms with Gasteiger partial charge in [0.15, 0.2) is 0 Å². The molecule has 0 spiro atoms. The molecule has 42 heavy (non-hydrogen) atoms. The Labute approximate surface area is 253 Å². The number of benzene rings is 2. The second-order valence-electron chi connectivity index (χ2n) is 11.7. The van der Waals surface area contributed by atoms with Crippen molar-refractivity contribution in [3.8, 4) is 0 Å². The third kappa shape index (κ3) is 6.61. The first-order chi connectivity index (χ1) is 20.0. The van der Waals surface area contributed by atoms with Crippen molar-refractivity contribution in [2.24, 2.45) is 0 Å². The Morgan fingerprint density at radius 2 is 1.60 bits per heavy atom. The summed E-state index contributed by atoms with van der Waals surface area (Å²) in [6, 6.07) is 17.1. The van der Waals surface area contributed by atoms with E-state index in [0.717, 1.165) is 43.0 Å². The molecule has 1 unspecified atom stereocenters. The normalized spacial score (nSPS) is 16.6. The van der Waals surface area contributed by atoms with Crippen molar-refractivity contribution in [3.63, 3.8) is 0 Å². The molecule has 3 heterocycles. The van der Waals surface area contributed by atoms with Crippen LogP contribution in [0.2, 0.25) is 0 Å². The number of carbonyl (C=O) groups is 3. The molecule has 0 N–H and O–H groups in total. The van der Waals surface area contributed by atoms with E-state index in [-0.39, 0.29) is 23.6 Å². The molecule has 2 aliphatic heterocycles. The van der Waals surface area contributed by atoms with Crippen LogP contribution in [0.15, 0.2) is 54.6 Å². The number of aromatic nitrogens is 2. The van der Waals surface area contributed by atoms with Gasteiger partial charge in [-0.1, -0.05) is 0 Å². The van der Waals surface area contributed by atoms with Crippen molar-refractivity contribution in [1.29, 1.82) is 0 Å². The van der Waals surface area contributed by atoms with Gasteiger partial charge in [-0.3, -0.25) is 0 Å². The van der Waals surface area contributed by atoms with Gasteiger partial charge in [-0.05, 0) is 0 Å². The van der Waals surface area contributed by atoms with Crippen LogP contribution in [0.5, 0.6) is 0 Å². The van der Waals surface area contributed by atoms with Crippen molar-refractivity contribution in [1.82, 2.24) is 19.6 Å². The number of hydrogen-bond donors (Lipinski definition) is 0. The Hall–Kier alpha value is -3.46. The molecule has 0 radical (unpaired) electrons. The molecule has 0 bridgehead atoms. The second kappa shape index (κ2) is 12.4. The van der Waals surface area contributed by atoms with Gasteiger partial charge in [0, 0.05) is 0 Å². The fourth-order valence-electron chi connectivity index (χ4n) is 5.19. The fraction of sp³-hybridized carbons (Fsp3) is 0.419. The van der Waals surface area contributed by atoms with Crippen molar-refractivity contribution >= 4 is 42.5 Å². The van der Waals surface area contributed by atoms with Crippen LogP contribution in [0.25, 0.3) is 0 Å². The van der Waals surface area contributed by atoms with Crippen LogP contribution >= 0.6 is 0 Å². The van der Waals surface area contributed by atoms with Gasteiger partial charge in [-0.15, -0.1) is 0 Å². The minimum atomic E-state index is -1.43. The van der Waals surface area contributed by atoms with Gasteiger partial charge in [0.25, 0.3) is 0 Å². The van der Waals surface area contributed by atoms with Gasteiger partial charge in [0.1, 0.15) is 0 Å². The van der Waals surface area contributed by atoms with E-state index in [1.54, 1.807) is 25.7 Å². The Morgan fingerprint density at radius 3 is 2.21 bits per heavy atom. The van der Waals surface area contributed by atoms with E-state index in [1.165, 1.54) is 11.8 Å². The van der Waals surface area contributed by atoms with E-state index in [4.69, 9.17) is 9.47 Å². The maximum atomic E-state index is 13.6. The molecule has 5 rings (SSSR count). The molecule has 0 aliphatic carbocycles. The van der Waals surface area contributed by atoms with E-state index in [1.807, 2.05) is 54.6 Å². The van der Waals surface area contributed by atoms with Crippen LogP contribution in [0.4, 0.5) is 10.5 Å². The molecule has 11 heteroatoms. The number of piperazine rings is 1. The first kappa shape index (κ1) is 30.0. The number of hydrogen-bond acceptors (Lipinski definition) is 8. The van der Waals surface area contributed by atoms with E-state index >= 15 is 0 Å². The van der Waals surface area contributed by atoms with Crippen LogP contribution in [0.3, 0.4) is 0 Å². The number of nitrogens with zero attached hydrogens (tertiary/aromatic N) is 5. The number of rotatable bonds is 7. The number of amides is 1. The summed E-state index contributed by atoms with van der Waals surface area (Å²) in [4.78, 5) is 46.5. The number of likely N-dealkylation sites (N-methyl/N-ethyl adjacent to an activating group) is 1. The third-order valence-corrected chi connectivity index (χ3v) is 9.87. The maximum absolute atomic E-state index is 13.6. The van der Waals surface area contributed by atoms with Crippen molar-refractivity contribution in [2.75, 3.05) is 45.2 Å². The van der Waals surface area contributed by atoms with Crippen molar-refractivity contribution < 1.29 is 23.9 Å². The Kier molecular flexibility index (Phi) is 8.87. The van der Waals surface area contributed by atoms with Crippen LogP contribution in [0.1, 0.15) is 54.1 Å². The topological polar surface area (TPSA) is 97.2 Å². The molecule has 1 saturated heterocycles. The van der Waals surface area contributed by atoms with Crippen LogP contribution in [0, 0.1) is 0 Å². The summed E-state index contributed by atoms with van der Waals surface area (Å²) < 4.78 is 13.0. The third-order valence-electron chi connectivity index (χ3n) is 7.45. The zero-order valence-electron chi connectivity index (χ0n) is 24.8. The fourth-order valence-corrected chi connectivity index (χ4v) is 7.40. The molecule has 1 fully saturated rings. The number of ether oxygens (including phenoxy) is 2. The van der Waals surface area contributed by atoms with Crippen LogP contribution in [-0.4, -0.2) is 97.8 Å². The van der Waals surface area contributed by atoms with Gasteiger partial charge in [-0.2, -0.15) is 0 Å². The average Bonchev–Trinajstić information content (AvgIpc) is 3.54. The quantitative estimate of drug-likeness (QED) is 0.366. The summed E-state index contributed by atoms with van der Waals surface area (Å²) in [6.45, 7) is 9.71.